The molecule has 4 rings (SSSR count). The zero-order valence-electron chi connectivity index (χ0n) is 15.5. The Morgan fingerprint density at radius 2 is 1.96 bits per heavy atom. The third-order valence-electron chi connectivity index (χ3n) is 5.67. The molecule has 0 saturated carbocycles. The van der Waals surface area contributed by atoms with Crippen molar-refractivity contribution in [3.63, 3.8) is 0 Å². The first-order valence-corrected chi connectivity index (χ1v) is 9.50. The molecular formula is C22H23FN2O3. The van der Waals surface area contributed by atoms with Crippen molar-refractivity contribution < 1.29 is 19.4 Å². The minimum atomic E-state index is -0.920. The van der Waals surface area contributed by atoms with Crippen molar-refractivity contribution in [2.24, 2.45) is 0 Å². The summed E-state index contributed by atoms with van der Waals surface area (Å²) in [7, 11) is 0. The van der Waals surface area contributed by atoms with Crippen LogP contribution in [0, 0.1) is 5.82 Å². The molecule has 0 spiro atoms. The van der Waals surface area contributed by atoms with Gasteiger partial charge in [0.25, 0.3) is 0 Å². The second-order valence-corrected chi connectivity index (χ2v) is 7.44. The van der Waals surface area contributed by atoms with Crippen LogP contribution in [0.2, 0.25) is 0 Å². The lowest BCUT2D eigenvalue weighted by molar-refractivity contribution is 0.0697. The fraction of sp³-hybridized carbons (Fsp3) is 0.318. The average Bonchev–Trinajstić information content (AvgIpc) is 3.13. The van der Waals surface area contributed by atoms with Crippen molar-refractivity contribution in [1.82, 2.24) is 9.88 Å². The summed E-state index contributed by atoms with van der Waals surface area (Å²) in [5.74, 6) is -0.809. The highest BCUT2D eigenvalue weighted by molar-refractivity contribution is 5.94. The van der Waals surface area contributed by atoms with E-state index in [1.54, 1.807) is 24.3 Å². The standard InChI is InChI=1S/C22H23FN2O3/c23-20-3-1-14(13-26)9-17(20)12-25-7-5-15(6-8-25)19-11-24-21-4-2-16(22(27)28)10-18(19)21/h1-4,9-11,15,24,26H,5-8,12-13H2,(H,27,28). The number of carboxylic acids is 1. The molecule has 1 saturated heterocycles. The molecule has 0 unspecified atom stereocenters. The van der Waals surface area contributed by atoms with Crippen LogP contribution < -0.4 is 0 Å². The van der Waals surface area contributed by atoms with Crippen LogP contribution in [-0.4, -0.2) is 39.2 Å². The summed E-state index contributed by atoms with van der Waals surface area (Å²) in [5, 5.41) is 19.5. The van der Waals surface area contributed by atoms with E-state index in [4.69, 9.17) is 0 Å². The highest BCUT2D eigenvalue weighted by atomic mass is 19.1. The van der Waals surface area contributed by atoms with E-state index in [2.05, 4.69) is 9.88 Å². The van der Waals surface area contributed by atoms with Crippen LogP contribution in [0.5, 0.6) is 0 Å². The fourth-order valence-corrected chi connectivity index (χ4v) is 4.10. The van der Waals surface area contributed by atoms with Gasteiger partial charge < -0.3 is 15.2 Å². The maximum absolute atomic E-state index is 14.1. The SMILES string of the molecule is O=C(O)c1ccc2[nH]cc(C3CCN(Cc4cc(CO)ccc4F)CC3)c2c1. The molecular weight excluding hydrogens is 359 g/mol. The van der Waals surface area contributed by atoms with Gasteiger partial charge >= 0.3 is 5.97 Å². The molecule has 2 aromatic carbocycles. The first kappa shape index (κ1) is 18.7. The second-order valence-electron chi connectivity index (χ2n) is 7.44. The van der Waals surface area contributed by atoms with Crippen LogP contribution in [0.25, 0.3) is 10.9 Å². The minimum Gasteiger partial charge on any atom is -0.478 e. The summed E-state index contributed by atoms with van der Waals surface area (Å²) in [4.78, 5) is 16.8. The van der Waals surface area contributed by atoms with Gasteiger partial charge in [0, 0.05) is 29.2 Å². The molecule has 0 bridgehead atoms. The molecule has 0 radical (unpaired) electrons. The van der Waals surface area contributed by atoms with Crippen molar-refractivity contribution in [2.45, 2.75) is 31.9 Å². The van der Waals surface area contributed by atoms with Gasteiger partial charge in [0.05, 0.1) is 12.2 Å². The lowest BCUT2D eigenvalue weighted by Gasteiger charge is -2.32. The number of aromatic carboxylic acids is 1. The molecule has 3 N–H and O–H groups in total. The summed E-state index contributed by atoms with van der Waals surface area (Å²) >= 11 is 0. The first-order chi connectivity index (χ1) is 13.5. The number of carbonyl (C=O) groups is 1. The molecule has 3 aromatic rings. The molecule has 6 heteroatoms. The Labute approximate surface area is 162 Å². The van der Waals surface area contributed by atoms with E-state index in [-0.39, 0.29) is 12.4 Å². The maximum atomic E-state index is 14.1. The number of aliphatic hydroxyl groups excluding tert-OH is 1. The van der Waals surface area contributed by atoms with Crippen molar-refractivity contribution in [2.75, 3.05) is 13.1 Å². The third kappa shape index (κ3) is 3.66. The van der Waals surface area contributed by atoms with Gasteiger partial charge in [-0.25, -0.2) is 9.18 Å². The van der Waals surface area contributed by atoms with Gasteiger partial charge in [0.2, 0.25) is 0 Å². The predicted molar refractivity (Wildman–Crippen MR) is 105 cm³/mol. The first-order valence-electron chi connectivity index (χ1n) is 9.50. The highest BCUT2D eigenvalue weighted by Crippen LogP contribution is 2.34. The van der Waals surface area contributed by atoms with E-state index >= 15 is 0 Å². The number of hydrogen-bond donors (Lipinski definition) is 3. The third-order valence-corrected chi connectivity index (χ3v) is 5.67. The monoisotopic (exact) mass is 382 g/mol. The Kier molecular flexibility index (Phi) is 5.15. The Morgan fingerprint density at radius 1 is 1.18 bits per heavy atom. The van der Waals surface area contributed by atoms with Gasteiger partial charge in [-0.3, -0.25) is 4.90 Å². The number of likely N-dealkylation sites (tertiary alicyclic amines) is 1. The summed E-state index contributed by atoms with van der Waals surface area (Å²) < 4.78 is 14.1. The van der Waals surface area contributed by atoms with E-state index in [9.17, 15) is 19.4 Å². The number of piperidine rings is 1. The lowest BCUT2D eigenvalue weighted by Crippen LogP contribution is -2.32. The Balaban J connectivity index is 1.47. The molecule has 1 fully saturated rings. The fourth-order valence-electron chi connectivity index (χ4n) is 4.10. The number of benzene rings is 2. The van der Waals surface area contributed by atoms with Crippen molar-refractivity contribution in [3.05, 3.63) is 70.7 Å². The van der Waals surface area contributed by atoms with Crippen LogP contribution in [-0.2, 0) is 13.2 Å². The molecule has 2 heterocycles. The second kappa shape index (κ2) is 7.73. The maximum Gasteiger partial charge on any atom is 0.335 e. The highest BCUT2D eigenvalue weighted by Gasteiger charge is 2.24. The molecule has 0 aliphatic carbocycles. The summed E-state index contributed by atoms with van der Waals surface area (Å²) in [6.07, 6.45) is 3.86. The Bertz CT molecular complexity index is 1010. The van der Waals surface area contributed by atoms with E-state index in [0.29, 0.717) is 23.6 Å². The quantitative estimate of drug-likeness (QED) is 0.626. The van der Waals surface area contributed by atoms with Crippen LogP contribution in [0.4, 0.5) is 4.39 Å². The molecule has 1 aliphatic heterocycles. The van der Waals surface area contributed by atoms with Crippen molar-refractivity contribution in [3.8, 4) is 0 Å². The lowest BCUT2D eigenvalue weighted by atomic mass is 9.88. The topological polar surface area (TPSA) is 76.6 Å². The largest absolute Gasteiger partial charge is 0.478 e. The van der Waals surface area contributed by atoms with E-state index in [1.807, 2.05) is 12.3 Å². The minimum absolute atomic E-state index is 0.0890. The van der Waals surface area contributed by atoms with Crippen LogP contribution in [0.3, 0.4) is 0 Å². The van der Waals surface area contributed by atoms with Gasteiger partial charge in [0.15, 0.2) is 0 Å². The van der Waals surface area contributed by atoms with Crippen LogP contribution in [0.1, 0.15) is 45.8 Å². The molecule has 1 aromatic heterocycles. The number of nitrogens with one attached hydrogen (secondary N) is 1. The normalized spacial score (nSPS) is 15.9. The Morgan fingerprint density at radius 3 is 2.68 bits per heavy atom. The summed E-state index contributed by atoms with van der Waals surface area (Å²) in [6.45, 7) is 2.13. The molecule has 0 amide bonds. The number of rotatable bonds is 5. The zero-order valence-corrected chi connectivity index (χ0v) is 15.5. The smallest absolute Gasteiger partial charge is 0.335 e. The summed E-state index contributed by atoms with van der Waals surface area (Å²) in [6, 6.07) is 9.92. The van der Waals surface area contributed by atoms with E-state index in [0.717, 1.165) is 48.0 Å². The van der Waals surface area contributed by atoms with Crippen LogP contribution in [0.15, 0.2) is 42.6 Å². The number of halogens is 1. The molecule has 1 aliphatic rings. The average molecular weight is 382 g/mol. The molecule has 28 heavy (non-hydrogen) atoms. The van der Waals surface area contributed by atoms with Gasteiger partial charge in [-0.15, -0.1) is 0 Å². The number of carboxylic acid groups (broad SMARTS) is 1. The van der Waals surface area contributed by atoms with E-state index in [1.165, 1.54) is 6.07 Å². The number of nitrogens with zero attached hydrogens (tertiary/aromatic N) is 1. The van der Waals surface area contributed by atoms with Crippen molar-refractivity contribution in [1.29, 1.82) is 0 Å². The van der Waals surface area contributed by atoms with Gasteiger partial charge in [-0.05, 0) is 73.3 Å². The summed E-state index contributed by atoms with van der Waals surface area (Å²) in [5.41, 5.74) is 3.74. The van der Waals surface area contributed by atoms with Gasteiger partial charge in [-0.2, -0.15) is 0 Å². The number of aliphatic hydroxyl groups is 1. The number of H-pyrrole nitrogens is 1. The van der Waals surface area contributed by atoms with Crippen LogP contribution >= 0.6 is 0 Å². The van der Waals surface area contributed by atoms with Gasteiger partial charge in [-0.1, -0.05) is 6.07 Å². The Hall–Kier alpha value is -2.70. The van der Waals surface area contributed by atoms with E-state index < -0.39 is 5.97 Å². The molecule has 0 atom stereocenters. The predicted octanol–water partition coefficient (Wildman–Crippen LogP) is 3.88. The number of aromatic nitrogens is 1. The zero-order chi connectivity index (χ0) is 19.7. The molecule has 146 valence electrons. The number of fused-ring (bicyclic) bond motifs is 1. The molecule has 5 nitrogen and oxygen atoms in total. The van der Waals surface area contributed by atoms with Gasteiger partial charge in [0.1, 0.15) is 5.82 Å². The number of hydrogen-bond acceptors (Lipinski definition) is 3. The number of aromatic amines is 1. The van der Waals surface area contributed by atoms with Crippen molar-refractivity contribution >= 4 is 16.9 Å².